The van der Waals surface area contributed by atoms with Gasteiger partial charge >= 0.3 is 11.9 Å². The number of carbonyl (C=O) groups is 6. The number of amides is 3. The molecule has 9 N–H and O–H groups in total. The minimum atomic E-state index is -1.00. The maximum atomic E-state index is 12.6. The largest absolute Gasteiger partial charge is 0.480 e. The number of fused-ring (bicyclic) bond motifs is 1. The first-order valence-electron chi connectivity index (χ1n) is 18.1. The number of nitrogen functional groups attached to an aromatic ring is 1. The number of H-pyrrole nitrogens is 1. The first-order valence-corrected chi connectivity index (χ1v) is 18.1. The zero-order chi connectivity index (χ0) is 40.5. The van der Waals surface area contributed by atoms with E-state index in [1.807, 2.05) is 4.90 Å². The van der Waals surface area contributed by atoms with Crippen LogP contribution in [-0.4, -0.2) is 159 Å². The van der Waals surface area contributed by atoms with Crippen molar-refractivity contribution in [2.45, 2.75) is 38.3 Å². The molecule has 2 aromatic heterocycles. The summed E-state index contributed by atoms with van der Waals surface area (Å²) in [7, 11) is 0. The number of aldehydes is 1. The molecular formula is C35H48N12O9. The molecule has 21 heteroatoms. The Kier molecular flexibility index (Phi) is 16.6. The molecule has 302 valence electrons. The predicted molar refractivity (Wildman–Crippen MR) is 203 cm³/mol. The third kappa shape index (κ3) is 14.3. The Morgan fingerprint density at radius 2 is 1.45 bits per heavy atom. The Hall–Kier alpha value is -6.06. The standard InChI is InChI=1S/C35H48N12O9/c36-35-43-32-31(34(56)44-35)42-25(19-41-32)18-40-24-5-3-23(4-6-24)33(55)39-9-1-2-27(49)37-10-11-38-28(50)8-7-26(22-48)47-16-14-45(20-29(51)52)12-13-46(15-17-47)21-30(53)54/h3-6,19,22,26,40H,1-2,7-18,20-21H2,(H,37,49)(H,38,50)(H,39,55)(H,51,52)(H,53,54)(H3,36,41,43,44,56). The van der Waals surface area contributed by atoms with E-state index in [-0.39, 0.29) is 93.4 Å². The van der Waals surface area contributed by atoms with Crippen molar-refractivity contribution < 1.29 is 39.0 Å². The molecule has 3 aromatic rings. The fourth-order valence-corrected chi connectivity index (χ4v) is 5.93. The van der Waals surface area contributed by atoms with E-state index in [0.717, 1.165) is 6.29 Å². The van der Waals surface area contributed by atoms with E-state index >= 15 is 0 Å². The lowest BCUT2D eigenvalue weighted by molar-refractivity contribution is -0.140. The van der Waals surface area contributed by atoms with E-state index in [1.165, 1.54) is 6.20 Å². The van der Waals surface area contributed by atoms with Crippen molar-refractivity contribution in [3.05, 3.63) is 52.1 Å². The molecule has 1 fully saturated rings. The molecule has 1 atom stereocenters. The van der Waals surface area contributed by atoms with Crippen LogP contribution in [0.4, 0.5) is 11.6 Å². The van der Waals surface area contributed by atoms with Gasteiger partial charge in [-0.1, -0.05) is 0 Å². The summed E-state index contributed by atoms with van der Waals surface area (Å²) in [6.45, 7) is 2.75. The second-order valence-corrected chi connectivity index (χ2v) is 13.1. The maximum absolute atomic E-state index is 12.6. The van der Waals surface area contributed by atoms with Crippen molar-refractivity contribution >= 4 is 58.7 Å². The average Bonchev–Trinajstić information content (AvgIpc) is 3.25. The van der Waals surface area contributed by atoms with Crippen LogP contribution in [0.1, 0.15) is 41.7 Å². The molecule has 1 saturated heterocycles. The highest BCUT2D eigenvalue weighted by Gasteiger charge is 2.24. The minimum Gasteiger partial charge on any atom is -0.480 e. The average molecular weight is 781 g/mol. The van der Waals surface area contributed by atoms with Gasteiger partial charge in [-0.05, 0) is 37.1 Å². The molecule has 0 saturated carbocycles. The quantitative estimate of drug-likeness (QED) is 0.0458. The van der Waals surface area contributed by atoms with E-state index in [2.05, 4.69) is 41.2 Å². The summed E-state index contributed by atoms with van der Waals surface area (Å²) in [5, 5.41) is 29.9. The molecule has 0 bridgehead atoms. The van der Waals surface area contributed by atoms with Crippen molar-refractivity contribution in [2.75, 3.05) is 83.0 Å². The number of hydrogen-bond acceptors (Lipinski definition) is 15. The number of aromatic nitrogens is 4. The van der Waals surface area contributed by atoms with Crippen LogP contribution in [0.15, 0.2) is 35.3 Å². The molecule has 4 rings (SSSR count). The number of aromatic amines is 1. The molecule has 1 aliphatic heterocycles. The van der Waals surface area contributed by atoms with E-state index in [4.69, 9.17) is 5.73 Å². The first kappa shape index (κ1) is 42.7. The molecule has 0 radical (unpaired) electrons. The second kappa shape index (κ2) is 21.7. The van der Waals surface area contributed by atoms with E-state index < -0.39 is 23.5 Å². The number of carboxylic acids is 2. The van der Waals surface area contributed by atoms with Crippen LogP contribution in [0.2, 0.25) is 0 Å². The summed E-state index contributed by atoms with van der Waals surface area (Å²) >= 11 is 0. The monoisotopic (exact) mass is 780 g/mol. The van der Waals surface area contributed by atoms with Crippen LogP contribution >= 0.6 is 0 Å². The van der Waals surface area contributed by atoms with Gasteiger partial charge in [-0.25, -0.2) is 9.97 Å². The summed E-state index contributed by atoms with van der Waals surface area (Å²) in [6, 6.07) is 6.12. The minimum absolute atomic E-state index is 0.0439. The topological polar surface area (TPSA) is 298 Å². The lowest BCUT2D eigenvalue weighted by atomic mass is 10.1. The highest BCUT2D eigenvalue weighted by molar-refractivity contribution is 5.94. The molecule has 21 nitrogen and oxygen atoms in total. The first-order chi connectivity index (χ1) is 26.9. The van der Waals surface area contributed by atoms with Gasteiger partial charge in [0.2, 0.25) is 17.8 Å². The van der Waals surface area contributed by atoms with Crippen LogP contribution in [0, 0.1) is 0 Å². The summed E-state index contributed by atoms with van der Waals surface area (Å²) in [5.74, 6) is -2.89. The van der Waals surface area contributed by atoms with Crippen molar-refractivity contribution in [3.8, 4) is 0 Å². The van der Waals surface area contributed by atoms with E-state index in [1.54, 1.807) is 34.1 Å². The zero-order valence-electron chi connectivity index (χ0n) is 30.9. The van der Waals surface area contributed by atoms with Crippen molar-refractivity contribution in [1.29, 1.82) is 0 Å². The fraction of sp³-hybridized carbons (Fsp3) is 0.486. The Morgan fingerprint density at radius 3 is 2.05 bits per heavy atom. The predicted octanol–water partition coefficient (Wildman–Crippen LogP) is -1.91. The Balaban J connectivity index is 1.08. The number of nitrogens with two attached hydrogens (primary N) is 1. The van der Waals surface area contributed by atoms with Gasteiger partial charge in [-0.2, -0.15) is 4.98 Å². The number of rotatable bonds is 20. The van der Waals surface area contributed by atoms with Gasteiger partial charge in [-0.15, -0.1) is 0 Å². The van der Waals surface area contributed by atoms with Crippen LogP contribution < -0.4 is 32.6 Å². The molecule has 1 aromatic carbocycles. The Bertz CT molecular complexity index is 1860. The van der Waals surface area contributed by atoms with Gasteiger partial charge in [0.05, 0.1) is 37.6 Å². The number of anilines is 2. The normalized spacial score (nSPS) is 14.8. The number of benzene rings is 1. The number of carbonyl (C=O) groups excluding carboxylic acids is 4. The fourth-order valence-electron chi connectivity index (χ4n) is 5.93. The maximum Gasteiger partial charge on any atom is 0.317 e. The summed E-state index contributed by atoms with van der Waals surface area (Å²) < 4.78 is 0. The molecular weight excluding hydrogens is 732 g/mol. The number of carboxylic acid groups (broad SMARTS) is 2. The number of aliphatic carboxylic acids is 2. The van der Waals surface area contributed by atoms with Gasteiger partial charge in [0.25, 0.3) is 11.5 Å². The molecule has 0 aliphatic carbocycles. The third-order valence-corrected chi connectivity index (χ3v) is 8.89. The third-order valence-electron chi connectivity index (χ3n) is 8.89. The highest BCUT2D eigenvalue weighted by Crippen LogP contribution is 2.12. The summed E-state index contributed by atoms with van der Waals surface area (Å²) in [6.07, 6.45) is 3.05. The lowest BCUT2D eigenvalue weighted by Gasteiger charge is -2.29. The van der Waals surface area contributed by atoms with Crippen molar-refractivity contribution in [2.24, 2.45) is 0 Å². The summed E-state index contributed by atoms with van der Waals surface area (Å²) in [4.78, 5) is 104. The van der Waals surface area contributed by atoms with Crippen LogP contribution in [0.3, 0.4) is 0 Å². The SMILES string of the molecule is Nc1nc2ncc(CNc3ccc(C(=O)NCCCC(=O)NCCNC(=O)CCC(C=O)N4CCN(CC(=O)O)CCN(CC(=O)O)CC4)cc3)nc2c(=O)[nH]1. The van der Waals surface area contributed by atoms with Gasteiger partial charge < -0.3 is 42.0 Å². The van der Waals surface area contributed by atoms with E-state index in [0.29, 0.717) is 62.6 Å². The second-order valence-electron chi connectivity index (χ2n) is 13.1. The summed E-state index contributed by atoms with van der Waals surface area (Å²) in [5.41, 5.74) is 6.92. The van der Waals surface area contributed by atoms with Crippen LogP contribution in [0.5, 0.6) is 0 Å². The molecule has 56 heavy (non-hydrogen) atoms. The molecule has 0 spiro atoms. The van der Waals surface area contributed by atoms with Gasteiger partial charge in [-0.3, -0.25) is 48.5 Å². The van der Waals surface area contributed by atoms with Gasteiger partial charge in [0, 0.05) is 83.0 Å². The lowest BCUT2D eigenvalue weighted by Crippen LogP contribution is -2.45. The number of nitrogens with zero attached hydrogens (tertiary/aromatic N) is 6. The Morgan fingerprint density at radius 1 is 0.839 bits per heavy atom. The van der Waals surface area contributed by atoms with E-state index in [9.17, 15) is 43.8 Å². The highest BCUT2D eigenvalue weighted by atomic mass is 16.4. The molecule has 3 amide bonds. The van der Waals surface area contributed by atoms with Crippen LogP contribution in [0.25, 0.3) is 11.2 Å². The van der Waals surface area contributed by atoms with Crippen molar-refractivity contribution in [1.82, 2.24) is 50.6 Å². The van der Waals surface area contributed by atoms with Crippen LogP contribution in [-0.2, 0) is 30.5 Å². The number of hydrogen-bond donors (Lipinski definition) is 8. The number of nitrogens with one attached hydrogen (secondary N) is 5. The van der Waals surface area contributed by atoms with Gasteiger partial charge in [0.15, 0.2) is 11.2 Å². The molecule has 1 aliphatic rings. The molecule has 3 heterocycles. The molecule has 1 unspecified atom stereocenters. The van der Waals surface area contributed by atoms with Gasteiger partial charge in [0.1, 0.15) is 6.29 Å². The van der Waals surface area contributed by atoms with Crippen molar-refractivity contribution in [3.63, 3.8) is 0 Å². The smallest absolute Gasteiger partial charge is 0.317 e. The zero-order valence-corrected chi connectivity index (χ0v) is 30.9. The Labute approximate surface area is 321 Å².